The normalized spacial score (nSPS) is 18.8. The Morgan fingerprint density at radius 1 is 0.903 bits per heavy atom. The van der Waals surface area contributed by atoms with Crippen molar-refractivity contribution in [3.05, 3.63) is 41.8 Å². The third-order valence-electron chi connectivity index (χ3n) is 6.81. The second-order valence-corrected chi connectivity index (χ2v) is 9.15. The molecule has 31 heavy (non-hydrogen) atoms. The van der Waals surface area contributed by atoms with Crippen LogP contribution < -0.4 is 4.74 Å². The molecule has 4 heteroatoms. The number of benzene rings is 1. The zero-order valence-corrected chi connectivity index (χ0v) is 19.4. The molecule has 1 heterocycles. The Kier molecular flexibility index (Phi) is 9.77. The molecule has 3 nitrogen and oxygen atoms in total. The highest BCUT2D eigenvalue weighted by Gasteiger charge is 2.19. The maximum Gasteiger partial charge on any atom is 0.165 e. The molecule has 1 aliphatic carbocycles. The lowest BCUT2D eigenvalue weighted by molar-refractivity contribution is 0.258. The average Bonchev–Trinajstić information content (AvgIpc) is 2.81. The van der Waals surface area contributed by atoms with E-state index < -0.39 is 0 Å². The van der Waals surface area contributed by atoms with Gasteiger partial charge < -0.3 is 4.74 Å². The van der Waals surface area contributed by atoms with Crippen molar-refractivity contribution >= 4 is 0 Å². The third kappa shape index (κ3) is 7.59. The highest BCUT2D eigenvalue weighted by molar-refractivity contribution is 5.59. The Bertz CT molecular complexity index is 769. The minimum Gasteiger partial charge on any atom is -0.491 e. The maximum absolute atomic E-state index is 14.5. The van der Waals surface area contributed by atoms with E-state index in [1.165, 1.54) is 63.9 Å². The van der Waals surface area contributed by atoms with Gasteiger partial charge in [0.25, 0.3) is 0 Å². The fraction of sp³-hybridized carbons (Fsp3) is 0.630. The molecular formula is C27H39FN2O. The summed E-state index contributed by atoms with van der Waals surface area (Å²) >= 11 is 0. The van der Waals surface area contributed by atoms with Crippen molar-refractivity contribution in [2.24, 2.45) is 11.8 Å². The van der Waals surface area contributed by atoms with Gasteiger partial charge in [0.1, 0.15) is 0 Å². The quantitative estimate of drug-likeness (QED) is 0.325. The first-order valence-electron chi connectivity index (χ1n) is 12.4. The molecule has 0 saturated heterocycles. The van der Waals surface area contributed by atoms with Crippen molar-refractivity contribution in [1.82, 2.24) is 10.2 Å². The van der Waals surface area contributed by atoms with Crippen LogP contribution in [0.1, 0.15) is 90.2 Å². The summed E-state index contributed by atoms with van der Waals surface area (Å²) in [6.07, 6.45) is 14.8. The van der Waals surface area contributed by atoms with Gasteiger partial charge in [0.2, 0.25) is 0 Å². The summed E-state index contributed by atoms with van der Waals surface area (Å²) in [5.74, 6) is 1.76. The summed E-state index contributed by atoms with van der Waals surface area (Å²) < 4.78 is 20.1. The van der Waals surface area contributed by atoms with Gasteiger partial charge in [0, 0.05) is 5.56 Å². The summed E-state index contributed by atoms with van der Waals surface area (Å²) in [6.45, 7) is 5.07. The highest BCUT2D eigenvalue weighted by atomic mass is 19.1. The molecule has 170 valence electrons. The molecular weight excluding hydrogens is 387 g/mol. The molecule has 0 bridgehead atoms. The second-order valence-electron chi connectivity index (χ2n) is 9.15. The summed E-state index contributed by atoms with van der Waals surface area (Å²) in [6, 6.07) is 9.07. The van der Waals surface area contributed by atoms with Gasteiger partial charge >= 0.3 is 0 Å². The fourth-order valence-corrected chi connectivity index (χ4v) is 4.59. The van der Waals surface area contributed by atoms with Crippen LogP contribution in [0.5, 0.6) is 5.75 Å². The van der Waals surface area contributed by atoms with E-state index in [0.29, 0.717) is 18.1 Å². The highest BCUT2D eigenvalue weighted by Crippen LogP contribution is 2.33. The van der Waals surface area contributed by atoms with Gasteiger partial charge in [-0.1, -0.05) is 71.6 Å². The monoisotopic (exact) mass is 426 g/mol. The number of nitrogens with zero attached hydrogens (tertiary/aromatic N) is 2. The molecule has 0 amide bonds. The van der Waals surface area contributed by atoms with Crippen LogP contribution in [0.25, 0.3) is 11.3 Å². The van der Waals surface area contributed by atoms with Gasteiger partial charge in [-0.3, -0.25) is 0 Å². The van der Waals surface area contributed by atoms with Crippen molar-refractivity contribution in [2.75, 3.05) is 6.61 Å². The van der Waals surface area contributed by atoms with E-state index in [9.17, 15) is 4.39 Å². The van der Waals surface area contributed by atoms with Crippen LogP contribution in [0.15, 0.2) is 30.3 Å². The fourth-order valence-electron chi connectivity index (χ4n) is 4.59. The molecule has 0 N–H and O–H groups in total. The van der Waals surface area contributed by atoms with Crippen molar-refractivity contribution in [2.45, 2.75) is 90.9 Å². The van der Waals surface area contributed by atoms with Crippen LogP contribution in [0.2, 0.25) is 0 Å². The summed E-state index contributed by atoms with van der Waals surface area (Å²) in [5, 5.41) is 8.76. The van der Waals surface area contributed by atoms with E-state index in [4.69, 9.17) is 4.74 Å². The molecule has 0 spiro atoms. The van der Waals surface area contributed by atoms with Gasteiger partial charge in [-0.15, -0.1) is 0 Å². The number of rotatable bonds is 12. The number of ether oxygens (including phenoxy) is 1. The molecule has 0 unspecified atom stereocenters. The van der Waals surface area contributed by atoms with Crippen molar-refractivity contribution in [3.63, 3.8) is 0 Å². The van der Waals surface area contributed by atoms with E-state index in [1.807, 2.05) is 18.2 Å². The van der Waals surface area contributed by atoms with E-state index in [1.54, 1.807) is 6.07 Å². The Morgan fingerprint density at radius 3 is 2.35 bits per heavy atom. The second kappa shape index (κ2) is 12.8. The number of halogens is 1. The topological polar surface area (TPSA) is 35.0 Å². The van der Waals surface area contributed by atoms with Gasteiger partial charge in [0.15, 0.2) is 11.6 Å². The van der Waals surface area contributed by atoms with Crippen LogP contribution >= 0.6 is 0 Å². The molecule has 1 aromatic carbocycles. The number of unbranched alkanes of at least 4 members (excludes halogenated alkanes) is 4. The van der Waals surface area contributed by atoms with Crippen LogP contribution in [-0.4, -0.2) is 16.8 Å². The molecule has 1 fully saturated rings. The predicted octanol–water partition coefficient (Wildman–Crippen LogP) is 7.78. The number of hydrogen-bond acceptors (Lipinski definition) is 3. The molecule has 0 aliphatic heterocycles. The van der Waals surface area contributed by atoms with E-state index >= 15 is 0 Å². The summed E-state index contributed by atoms with van der Waals surface area (Å²) in [7, 11) is 0. The zero-order valence-electron chi connectivity index (χ0n) is 19.4. The van der Waals surface area contributed by atoms with Gasteiger partial charge in [-0.05, 0) is 61.4 Å². The maximum atomic E-state index is 14.5. The number of aryl methyl sites for hydroxylation is 1. The van der Waals surface area contributed by atoms with Crippen molar-refractivity contribution in [3.8, 4) is 17.0 Å². The summed E-state index contributed by atoms with van der Waals surface area (Å²) in [4.78, 5) is 0. The minimum absolute atomic E-state index is 0.321. The SMILES string of the molecule is CCCCCCCOc1ccc(-c2ccc(CCC3CCC(CC)CC3)nn2)cc1F. The Hall–Kier alpha value is -1.97. The van der Waals surface area contributed by atoms with Crippen LogP contribution in [0.4, 0.5) is 4.39 Å². The van der Waals surface area contributed by atoms with Gasteiger partial charge in [-0.25, -0.2) is 4.39 Å². The van der Waals surface area contributed by atoms with E-state index in [-0.39, 0.29) is 5.82 Å². The van der Waals surface area contributed by atoms with Crippen molar-refractivity contribution in [1.29, 1.82) is 0 Å². The minimum atomic E-state index is -0.334. The van der Waals surface area contributed by atoms with E-state index in [2.05, 4.69) is 24.0 Å². The zero-order chi connectivity index (χ0) is 21.9. The molecule has 3 rings (SSSR count). The Morgan fingerprint density at radius 2 is 1.68 bits per heavy atom. The lowest BCUT2D eigenvalue weighted by Crippen LogP contribution is -2.14. The molecule has 0 atom stereocenters. The van der Waals surface area contributed by atoms with Crippen LogP contribution in [-0.2, 0) is 6.42 Å². The largest absolute Gasteiger partial charge is 0.491 e. The molecule has 2 aromatic rings. The molecule has 1 saturated carbocycles. The number of hydrogen-bond donors (Lipinski definition) is 0. The molecule has 1 aliphatic rings. The van der Waals surface area contributed by atoms with Gasteiger partial charge in [-0.2, -0.15) is 10.2 Å². The van der Waals surface area contributed by atoms with Crippen LogP contribution in [0.3, 0.4) is 0 Å². The summed E-state index contributed by atoms with van der Waals surface area (Å²) in [5.41, 5.74) is 2.48. The third-order valence-corrected chi connectivity index (χ3v) is 6.81. The van der Waals surface area contributed by atoms with Crippen LogP contribution in [0, 0.1) is 17.7 Å². The van der Waals surface area contributed by atoms with Crippen molar-refractivity contribution < 1.29 is 9.13 Å². The first-order valence-corrected chi connectivity index (χ1v) is 12.4. The van der Waals surface area contributed by atoms with Gasteiger partial charge in [0.05, 0.1) is 18.0 Å². The molecule has 0 radical (unpaired) electrons. The predicted molar refractivity (Wildman–Crippen MR) is 126 cm³/mol. The lowest BCUT2D eigenvalue weighted by Gasteiger charge is -2.27. The first-order chi connectivity index (χ1) is 15.2. The standard InChI is InChI=1S/C27H39FN2O/c1-3-5-6-7-8-19-31-27-18-14-23(20-25(27)28)26-17-16-24(29-30-26)15-13-22-11-9-21(4-2)10-12-22/h14,16-18,20-22H,3-13,15,19H2,1-2H3. The average molecular weight is 427 g/mol. The Balaban J connectivity index is 1.46. The lowest BCUT2D eigenvalue weighted by atomic mass is 9.79. The van der Waals surface area contributed by atoms with E-state index in [0.717, 1.165) is 42.4 Å². The first kappa shape index (κ1) is 23.7. The number of aromatic nitrogens is 2. The smallest absolute Gasteiger partial charge is 0.165 e. The molecule has 1 aromatic heterocycles. The Labute approximate surface area is 187 Å².